The fourth-order valence-electron chi connectivity index (χ4n) is 2.57. The van der Waals surface area contributed by atoms with Gasteiger partial charge in [-0.3, -0.25) is 9.78 Å². The molecule has 1 aliphatic rings. The van der Waals surface area contributed by atoms with Crippen molar-refractivity contribution in [3.63, 3.8) is 0 Å². The standard InChI is InChI=1S/C16H16N4O2/c17-9-14-1-2-15(22-14)10-19-13-5-8-20(11-13)16(21)12-3-6-18-7-4-12/h1-4,6-7,13,19H,5,8,10-11H2. The molecule has 1 saturated heterocycles. The van der Waals surface area contributed by atoms with Crippen molar-refractivity contribution >= 4 is 5.91 Å². The number of aromatic nitrogens is 1. The normalized spacial score (nSPS) is 17.4. The van der Waals surface area contributed by atoms with E-state index in [2.05, 4.69) is 10.3 Å². The molecule has 2 aromatic heterocycles. The first-order valence-corrected chi connectivity index (χ1v) is 7.18. The number of nitrogens with one attached hydrogen (secondary N) is 1. The van der Waals surface area contributed by atoms with Crippen molar-refractivity contribution in [2.45, 2.75) is 19.0 Å². The number of carbonyl (C=O) groups is 1. The molecule has 3 rings (SSSR count). The van der Waals surface area contributed by atoms with E-state index in [0.717, 1.165) is 18.7 Å². The fourth-order valence-corrected chi connectivity index (χ4v) is 2.57. The van der Waals surface area contributed by atoms with Crippen molar-refractivity contribution in [1.82, 2.24) is 15.2 Å². The topological polar surface area (TPSA) is 82.2 Å². The van der Waals surface area contributed by atoms with Crippen molar-refractivity contribution in [3.05, 3.63) is 53.7 Å². The van der Waals surface area contributed by atoms with Gasteiger partial charge in [0.05, 0.1) is 6.54 Å². The molecular formula is C16H16N4O2. The minimum atomic E-state index is 0.0384. The van der Waals surface area contributed by atoms with Gasteiger partial charge in [0.2, 0.25) is 5.76 Å². The average molecular weight is 296 g/mol. The fraction of sp³-hybridized carbons (Fsp3) is 0.312. The van der Waals surface area contributed by atoms with Crippen LogP contribution >= 0.6 is 0 Å². The molecule has 1 unspecified atom stereocenters. The van der Waals surface area contributed by atoms with E-state index in [1.807, 2.05) is 11.0 Å². The molecule has 6 nitrogen and oxygen atoms in total. The molecule has 0 radical (unpaired) electrons. The molecule has 0 saturated carbocycles. The van der Waals surface area contributed by atoms with Crippen molar-refractivity contribution in [1.29, 1.82) is 5.26 Å². The molecule has 3 heterocycles. The number of hydrogen-bond acceptors (Lipinski definition) is 5. The Bertz CT molecular complexity index is 690. The van der Waals surface area contributed by atoms with Gasteiger partial charge in [-0.1, -0.05) is 0 Å². The Kier molecular flexibility index (Phi) is 4.17. The van der Waals surface area contributed by atoms with Gasteiger partial charge >= 0.3 is 0 Å². The number of hydrogen-bond donors (Lipinski definition) is 1. The highest BCUT2D eigenvalue weighted by Gasteiger charge is 2.26. The summed E-state index contributed by atoms with van der Waals surface area (Å²) in [7, 11) is 0. The summed E-state index contributed by atoms with van der Waals surface area (Å²) in [6.45, 7) is 1.97. The summed E-state index contributed by atoms with van der Waals surface area (Å²) >= 11 is 0. The minimum absolute atomic E-state index is 0.0384. The Hall–Kier alpha value is -2.65. The lowest BCUT2D eigenvalue weighted by atomic mass is 10.2. The number of nitriles is 1. The summed E-state index contributed by atoms with van der Waals surface area (Å²) < 4.78 is 5.33. The minimum Gasteiger partial charge on any atom is -0.449 e. The molecule has 6 heteroatoms. The van der Waals surface area contributed by atoms with Gasteiger partial charge in [0, 0.05) is 37.1 Å². The Balaban J connectivity index is 1.52. The largest absolute Gasteiger partial charge is 0.449 e. The van der Waals surface area contributed by atoms with Gasteiger partial charge in [-0.25, -0.2) is 0 Å². The van der Waals surface area contributed by atoms with Gasteiger partial charge in [-0.05, 0) is 30.7 Å². The number of nitrogens with zero attached hydrogens (tertiary/aromatic N) is 3. The smallest absolute Gasteiger partial charge is 0.254 e. The third-order valence-corrected chi connectivity index (χ3v) is 3.74. The Labute approximate surface area is 128 Å². The summed E-state index contributed by atoms with van der Waals surface area (Å²) in [5.41, 5.74) is 0.667. The molecule has 0 bridgehead atoms. The number of furan rings is 1. The molecule has 1 aliphatic heterocycles. The number of amides is 1. The van der Waals surface area contributed by atoms with Gasteiger partial charge in [0.25, 0.3) is 5.91 Å². The number of likely N-dealkylation sites (tertiary alicyclic amines) is 1. The predicted octanol–water partition coefficient (Wildman–Crippen LogP) is 1.55. The molecule has 1 atom stereocenters. The van der Waals surface area contributed by atoms with Crippen LogP contribution in [0, 0.1) is 11.3 Å². The molecule has 0 aliphatic carbocycles. The summed E-state index contributed by atoms with van der Waals surface area (Å²) in [5.74, 6) is 1.09. The maximum Gasteiger partial charge on any atom is 0.254 e. The van der Waals surface area contributed by atoms with E-state index in [9.17, 15) is 4.79 Å². The van der Waals surface area contributed by atoms with E-state index in [1.54, 1.807) is 36.7 Å². The third-order valence-electron chi connectivity index (χ3n) is 3.74. The molecule has 1 N–H and O–H groups in total. The zero-order valence-corrected chi connectivity index (χ0v) is 12.0. The molecule has 112 valence electrons. The van der Waals surface area contributed by atoms with Crippen molar-refractivity contribution in [2.75, 3.05) is 13.1 Å². The quantitative estimate of drug-likeness (QED) is 0.925. The monoisotopic (exact) mass is 296 g/mol. The van der Waals surface area contributed by atoms with Crippen LogP contribution in [0.5, 0.6) is 0 Å². The van der Waals surface area contributed by atoms with E-state index in [1.165, 1.54) is 0 Å². The average Bonchev–Trinajstić information content (AvgIpc) is 3.22. The van der Waals surface area contributed by atoms with E-state index >= 15 is 0 Å². The van der Waals surface area contributed by atoms with Gasteiger partial charge < -0.3 is 14.6 Å². The maximum atomic E-state index is 12.3. The summed E-state index contributed by atoms with van der Waals surface area (Å²) in [6.07, 6.45) is 4.16. The highest BCUT2D eigenvalue weighted by atomic mass is 16.3. The predicted molar refractivity (Wildman–Crippen MR) is 78.8 cm³/mol. The SMILES string of the molecule is N#Cc1ccc(CNC2CCN(C(=O)c3ccncc3)C2)o1. The van der Waals surface area contributed by atoms with Crippen LogP contribution in [-0.2, 0) is 6.54 Å². The summed E-state index contributed by atoms with van der Waals surface area (Å²) in [5, 5.41) is 12.1. The highest BCUT2D eigenvalue weighted by molar-refractivity contribution is 5.94. The summed E-state index contributed by atoms with van der Waals surface area (Å²) in [6, 6.07) is 9.11. The highest BCUT2D eigenvalue weighted by Crippen LogP contribution is 2.14. The van der Waals surface area contributed by atoms with Crippen molar-refractivity contribution < 1.29 is 9.21 Å². The second-order valence-electron chi connectivity index (χ2n) is 5.23. The Morgan fingerprint density at radius 1 is 1.41 bits per heavy atom. The van der Waals surface area contributed by atoms with E-state index in [0.29, 0.717) is 24.4 Å². The molecule has 22 heavy (non-hydrogen) atoms. The number of rotatable bonds is 4. The van der Waals surface area contributed by atoms with Crippen LogP contribution in [0.1, 0.15) is 28.3 Å². The molecule has 2 aromatic rings. The zero-order chi connectivity index (χ0) is 15.4. The van der Waals surface area contributed by atoms with Crippen LogP contribution in [0.4, 0.5) is 0 Å². The Morgan fingerprint density at radius 3 is 2.95 bits per heavy atom. The zero-order valence-electron chi connectivity index (χ0n) is 12.0. The van der Waals surface area contributed by atoms with Crippen LogP contribution in [0.3, 0.4) is 0 Å². The molecular weight excluding hydrogens is 280 g/mol. The van der Waals surface area contributed by atoms with Crippen LogP contribution in [0.15, 0.2) is 41.1 Å². The van der Waals surface area contributed by atoms with E-state index < -0.39 is 0 Å². The lowest BCUT2D eigenvalue weighted by Gasteiger charge is -2.16. The van der Waals surface area contributed by atoms with E-state index in [4.69, 9.17) is 9.68 Å². The van der Waals surface area contributed by atoms with Crippen molar-refractivity contribution in [3.8, 4) is 6.07 Å². The Morgan fingerprint density at radius 2 is 2.23 bits per heavy atom. The van der Waals surface area contributed by atoms with Gasteiger partial charge in [0.15, 0.2) is 0 Å². The van der Waals surface area contributed by atoms with Gasteiger partial charge in [-0.15, -0.1) is 0 Å². The van der Waals surface area contributed by atoms with Crippen LogP contribution in [0.2, 0.25) is 0 Å². The third kappa shape index (κ3) is 3.15. The lowest BCUT2D eigenvalue weighted by Crippen LogP contribution is -2.34. The second-order valence-corrected chi connectivity index (χ2v) is 5.23. The van der Waals surface area contributed by atoms with Crippen LogP contribution in [-0.4, -0.2) is 34.9 Å². The molecule has 0 aromatic carbocycles. The second kappa shape index (κ2) is 6.41. The lowest BCUT2D eigenvalue weighted by molar-refractivity contribution is 0.0789. The van der Waals surface area contributed by atoms with Crippen LogP contribution < -0.4 is 5.32 Å². The number of pyridine rings is 1. The first-order chi connectivity index (χ1) is 10.8. The molecule has 1 fully saturated rings. The molecule has 1 amide bonds. The maximum absolute atomic E-state index is 12.3. The van der Waals surface area contributed by atoms with E-state index in [-0.39, 0.29) is 11.9 Å². The first-order valence-electron chi connectivity index (χ1n) is 7.18. The van der Waals surface area contributed by atoms with Gasteiger partial charge in [-0.2, -0.15) is 5.26 Å². The first kappa shape index (κ1) is 14.3. The number of carbonyl (C=O) groups excluding carboxylic acids is 1. The molecule has 0 spiro atoms. The summed E-state index contributed by atoms with van der Waals surface area (Å²) in [4.78, 5) is 18.1. The van der Waals surface area contributed by atoms with Crippen molar-refractivity contribution in [2.24, 2.45) is 0 Å². The van der Waals surface area contributed by atoms with Crippen LogP contribution in [0.25, 0.3) is 0 Å². The van der Waals surface area contributed by atoms with Gasteiger partial charge in [0.1, 0.15) is 11.8 Å².